The van der Waals surface area contributed by atoms with E-state index >= 15 is 0 Å². The molecule has 3 rings (SSSR count). The summed E-state index contributed by atoms with van der Waals surface area (Å²) in [6.45, 7) is 5.58. The molecule has 0 radical (unpaired) electrons. The molecule has 1 atom stereocenters. The maximum absolute atomic E-state index is 12.9. The number of anilines is 1. The van der Waals surface area contributed by atoms with Crippen molar-refractivity contribution < 1.29 is 4.79 Å². The zero-order chi connectivity index (χ0) is 15.7. The number of nitrogens with one attached hydrogen (secondary N) is 1. The second kappa shape index (κ2) is 6.29. The topological polar surface area (TPSA) is 87.9 Å². The molecule has 0 spiro atoms. The Bertz CT molecular complexity index is 666. The third-order valence-corrected chi connectivity index (χ3v) is 6.10. The van der Waals surface area contributed by atoms with Gasteiger partial charge in [0.1, 0.15) is 0 Å². The van der Waals surface area contributed by atoms with Gasteiger partial charge in [0.15, 0.2) is 0 Å². The van der Waals surface area contributed by atoms with Gasteiger partial charge in [0.25, 0.3) is 0 Å². The van der Waals surface area contributed by atoms with Crippen LogP contribution in [-0.4, -0.2) is 37.8 Å². The number of amides is 1. The summed E-state index contributed by atoms with van der Waals surface area (Å²) in [7, 11) is 0. The summed E-state index contributed by atoms with van der Waals surface area (Å²) in [5.74, 6) is 0.625. The summed E-state index contributed by atoms with van der Waals surface area (Å²) in [6, 6.07) is 2.12. The molecule has 2 aromatic heterocycles. The largest absolute Gasteiger partial charge is 0.368 e. The van der Waals surface area contributed by atoms with Gasteiger partial charge in [0.05, 0.1) is 5.25 Å². The Kier molecular flexibility index (Phi) is 4.39. The first-order chi connectivity index (χ1) is 10.5. The average Bonchev–Trinajstić information content (AvgIpc) is 3.11. The third-order valence-electron chi connectivity index (χ3n) is 3.68. The van der Waals surface area contributed by atoms with Crippen molar-refractivity contribution in [3.63, 3.8) is 0 Å². The van der Waals surface area contributed by atoms with Crippen molar-refractivity contribution in [2.75, 3.05) is 12.3 Å². The average molecular weight is 337 g/mol. The highest BCUT2D eigenvalue weighted by atomic mass is 32.2. The molecule has 3 heterocycles. The van der Waals surface area contributed by atoms with Crippen LogP contribution in [0.3, 0.4) is 0 Å². The number of nitrogens with zero attached hydrogens (tertiary/aromatic N) is 3. The predicted molar refractivity (Wildman–Crippen MR) is 88.7 cm³/mol. The number of fused-ring (bicyclic) bond motifs is 1. The highest BCUT2D eigenvalue weighted by Gasteiger charge is 2.31. The molecule has 0 aliphatic carbocycles. The fourth-order valence-corrected chi connectivity index (χ4v) is 4.40. The number of hydrogen-bond donors (Lipinski definition) is 2. The maximum Gasteiger partial charge on any atom is 0.236 e. The second-order valence-corrected chi connectivity index (χ2v) is 7.77. The molecule has 1 unspecified atom stereocenters. The quantitative estimate of drug-likeness (QED) is 0.835. The lowest BCUT2D eigenvalue weighted by molar-refractivity contribution is -0.132. The number of nitrogens with two attached hydrogens (primary N) is 1. The van der Waals surface area contributed by atoms with E-state index in [1.165, 1.54) is 22.2 Å². The van der Waals surface area contributed by atoms with Gasteiger partial charge in [0.2, 0.25) is 17.0 Å². The molecule has 118 valence electrons. The fourth-order valence-electron chi connectivity index (χ4n) is 2.51. The van der Waals surface area contributed by atoms with Crippen molar-refractivity contribution in [3.8, 4) is 0 Å². The zero-order valence-corrected chi connectivity index (χ0v) is 14.2. The van der Waals surface area contributed by atoms with Gasteiger partial charge in [0, 0.05) is 18.0 Å². The van der Waals surface area contributed by atoms with E-state index in [1.807, 2.05) is 18.7 Å². The Morgan fingerprint density at radius 1 is 1.55 bits per heavy atom. The van der Waals surface area contributed by atoms with Crippen molar-refractivity contribution in [1.29, 1.82) is 0 Å². The number of H-pyrrole nitrogens is 1. The Morgan fingerprint density at radius 2 is 2.36 bits per heavy atom. The molecular formula is C14H19N5OS2. The van der Waals surface area contributed by atoms with Gasteiger partial charge in [-0.1, -0.05) is 25.6 Å². The molecule has 0 saturated carbocycles. The molecule has 1 aliphatic heterocycles. The molecule has 8 heteroatoms. The van der Waals surface area contributed by atoms with Crippen molar-refractivity contribution >= 4 is 35.0 Å². The highest BCUT2D eigenvalue weighted by molar-refractivity contribution is 8.00. The number of aromatic amines is 1. The van der Waals surface area contributed by atoms with Crippen molar-refractivity contribution in [1.82, 2.24) is 20.1 Å². The smallest absolute Gasteiger partial charge is 0.236 e. The monoisotopic (exact) mass is 337 g/mol. The molecule has 22 heavy (non-hydrogen) atoms. The summed E-state index contributed by atoms with van der Waals surface area (Å²) in [5, 5.41) is 9.07. The molecule has 0 aromatic carbocycles. The van der Waals surface area contributed by atoms with Crippen LogP contribution in [0, 0.1) is 5.92 Å². The van der Waals surface area contributed by atoms with E-state index in [2.05, 4.69) is 26.6 Å². The number of thiophene rings is 1. The molecule has 6 nitrogen and oxygen atoms in total. The lowest BCUT2D eigenvalue weighted by atomic mass is 10.1. The number of nitrogen functional groups attached to an aromatic ring is 1. The van der Waals surface area contributed by atoms with Crippen molar-refractivity contribution in [3.05, 3.63) is 21.9 Å². The van der Waals surface area contributed by atoms with Crippen LogP contribution in [0.2, 0.25) is 0 Å². The first-order valence-corrected chi connectivity index (χ1v) is 8.99. The number of rotatable bonds is 4. The highest BCUT2D eigenvalue weighted by Crippen LogP contribution is 2.30. The van der Waals surface area contributed by atoms with Gasteiger partial charge in [-0.05, 0) is 29.3 Å². The number of hydrogen-bond acceptors (Lipinski definition) is 6. The molecule has 1 amide bonds. The summed E-state index contributed by atoms with van der Waals surface area (Å²) in [4.78, 5) is 20.3. The van der Waals surface area contributed by atoms with Crippen LogP contribution < -0.4 is 5.73 Å². The van der Waals surface area contributed by atoms with E-state index in [-0.39, 0.29) is 23.0 Å². The predicted octanol–water partition coefficient (Wildman–Crippen LogP) is 2.15. The Morgan fingerprint density at radius 3 is 3.05 bits per heavy atom. The minimum absolute atomic E-state index is 0.153. The van der Waals surface area contributed by atoms with E-state index < -0.39 is 0 Å². The van der Waals surface area contributed by atoms with Crippen LogP contribution in [0.5, 0.6) is 0 Å². The zero-order valence-electron chi connectivity index (χ0n) is 12.6. The summed E-state index contributed by atoms with van der Waals surface area (Å²) in [5.41, 5.74) is 6.83. The Balaban J connectivity index is 1.73. The number of thioether (sulfide) groups is 1. The van der Waals surface area contributed by atoms with Crippen LogP contribution in [0.1, 0.15) is 24.3 Å². The summed E-state index contributed by atoms with van der Waals surface area (Å²) < 4.78 is 0. The Hall–Kier alpha value is -1.54. The van der Waals surface area contributed by atoms with Gasteiger partial charge in [-0.3, -0.25) is 4.79 Å². The van der Waals surface area contributed by atoms with Crippen LogP contribution in [-0.2, 0) is 17.8 Å². The molecule has 0 saturated heterocycles. The van der Waals surface area contributed by atoms with Crippen LogP contribution in [0.15, 0.2) is 16.6 Å². The first kappa shape index (κ1) is 15.4. The van der Waals surface area contributed by atoms with E-state index in [0.717, 1.165) is 13.0 Å². The summed E-state index contributed by atoms with van der Waals surface area (Å²) >= 11 is 3.16. The third kappa shape index (κ3) is 3.12. The van der Waals surface area contributed by atoms with Gasteiger partial charge in [-0.2, -0.15) is 4.98 Å². The molecule has 1 aliphatic rings. The molecule has 0 fully saturated rings. The van der Waals surface area contributed by atoms with Crippen LogP contribution >= 0.6 is 23.1 Å². The van der Waals surface area contributed by atoms with E-state index in [0.29, 0.717) is 11.7 Å². The van der Waals surface area contributed by atoms with Crippen LogP contribution in [0.25, 0.3) is 0 Å². The second-order valence-electron chi connectivity index (χ2n) is 5.66. The molecule has 3 N–H and O–H groups in total. The maximum atomic E-state index is 12.9. The lowest BCUT2D eigenvalue weighted by Crippen LogP contribution is -2.42. The standard InChI is InChI=1S/C14H19N5OS2/c1-8(2)11(22-14-16-13(15)17-18-14)12(20)19-5-3-10-9(7-19)4-6-21-10/h4,6,8,11H,3,5,7H2,1-2H3,(H3,15,16,17,18). The van der Waals surface area contributed by atoms with Gasteiger partial charge >= 0.3 is 0 Å². The van der Waals surface area contributed by atoms with E-state index in [9.17, 15) is 4.79 Å². The van der Waals surface area contributed by atoms with Crippen molar-refractivity contribution in [2.45, 2.75) is 37.2 Å². The fraction of sp³-hybridized carbons (Fsp3) is 0.500. The number of carbonyl (C=O) groups excluding carboxylic acids is 1. The van der Waals surface area contributed by atoms with E-state index in [4.69, 9.17) is 5.73 Å². The lowest BCUT2D eigenvalue weighted by Gasteiger charge is -2.31. The molecular weight excluding hydrogens is 318 g/mol. The van der Waals surface area contributed by atoms with Crippen molar-refractivity contribution in [2.24, 2.45) is 5.92 Å². The molecule has 0 bridgehead atoms. The first-order valence-electron chi connectivity index (χ1n) is 7.23. The van der Waals surface area contributed by atoms with Crippen LogP contribution in [0.4, 0.5) is 5.95 Å². The summed E-state index contributed by atoms with van der Waals surface area (Å²) in [6.07, 6.45) is 0.946. The van der Waals surface area contributed by atoms with Gasteiger partial charge in [-0.15, -0.1) is 16.4 Å². The normalized spacial score (nSPS) is 15.9. The SMILES string of the molecule is CC(C)C(Sc1n[nH]c(N)n1)C(=O)N1CCc2sccc2C1. The molecule has 2 aromatic rings. The van der Waals surface area contributed by atoms with Gasteiger partial charge in [-0.25, -0.2) is 5.10 Å². The minimum atomic E-state index is -0.199. The number of carbonyl (C=O) groups is 1. The minimum Gasteiger partial charge on any atom is -0.368 e. The number of aromatic nitrogens is 3. The van der Waals surface area contributed by atoms with Gasteiger partial charge < -0.3 is 10.6 Å². The Labute approximate surface area is 137 Å². The van der Waals surface area contributed by atoms with E-state index in [1.54, 1.807) is 11.3 Å².